The SMILES string of the molecule is CC[C@@H](Oc1cc(C)cc(C)c1)C(=O)N[C@@H](CC(C)C)c1ccccc1. The first-order chi connectivity index (χ1) is 12.4. The second-order valence-corrected chi connectivity index (χ2v) is 7.44. The van der Waals surface area contributed by atoms with Crippen molar-refractivity contribution in [2.75, 3.05) is 0 Å². The molecule has 2 aromatic carbocycles. The van der Waals surface area contributed by atoms with E-state index in [-0.39, 0.29) is 11.9 Å². The zero-order valence-electron chi connectivity index (χ0n) is 16.6. The monoisotopic (exact) mass is 353 g/mol. The molecule has 0 fully saturated rings. The highest BCUT2D eigenvalue weighted by Crippen LogP contribution is 2.23. The van der Waals surface area contributed by atoms with E-state index in [1.807, 2.05) is 51.1 Å². The van der Waals surface area contributed by atoms with Crippen molar-refractivity contribution in [2.24, 2.45) is 5.92 Å². The molecular formula is C23H31NO2. The number of carbonyl (C=O) groups excluding carboxylic acids is 1. The molecule has 2 rings (SSSR count). The van der Waals surface area contributed by atoms with Crippen LogP contribution in [0.1, 0.15) is 56.3 Å². The molecule has 140 valence electrons. The molecule has 26 heavy (non-hydrogen) atoms. The Morgan fingerprint density at radius 1 is 1.04 bits per heavy atom. The summed E-state index contributed by atoms with van der Waals surface area (Å²) in [5, 5.41) is 3.20. The molecule has 0 aromatic heterocycles. The lowest BCUT2D eigenvalue weighted by Gasteiger charge is -2.24. The summed E-state index contributed by atoms with van der Waals surface area (Å²) in [6.07, 6.45) is 1.03. The fourth-order valence-corrected chi connectivity index (χ4v) is 3.19. The number of aryl methyl sites for hydroxylation is 2. The Hall–Kier alpha value is -2.29. The van der Waals surface area contributed by atoms with Crippen molar-refractivity contribution in [3.63, 3.8) is 0 Å². The lowest BCUT2D eigenvalue weighted by atomic mass is 9.96. The van der Waals surface area contributed by atoms with E-state index >= 15 is 0 Å². The van der Waals surface area contributed by atoms with E-state index in [1.54, 1.807) is 0 Å². The molecule has 0 saturated carbocycles. The molecule has 2 atom stereocenters. The van der Waals surface area contributed by atoms with Gasteiger partial charge in [-0.3, -0.25) is 4.79 Å². The molecule has 0 spiro atoms. The predicted octanol–water partition coefficient (Wildman–Crippen LogP) is 5.36. The number of nitrogens with one attached hydrogen (secondary N) is 1. The van der Waals surface area contributed by atoms with E-state index in [4.69, 9.17) is 4.74 Å². The summed E-state index contributed by atoms with van der Waals surface area (Å²) in [5.41, 5.74) is 3.41. The van der Waals surface area contributed by atoms with Gasteiger partial charge >= 0.3 is 0 Å². The minimum absolute atomic E-state index is 0.000551. The van der Waals surface area contributed by atoms with Crippen LogP contribution in [-0.4, -0.2) is 12.0 Å². The van der Waals surface area contributed by atoms with Crippen LogP contribution < -0.4 is 10.1 Å². The van der Waals surface area contributed by atoms with Crippen LogP contribution in [-0.2, 0) is 4.79 Å². The molecule has 0 aliphatic carbocycles. The summed E-state index contributed by atoms with van der Waals surface area (Å²) in [6.45, 7) is 10.4. The topological polar surface area (TPSA) is 38.3 Å². The van der Waals surface area contributed by atoms with Crippen molar-refractivity contribution in [1.29, 1.82) is 0 Å². The largest absolute Gasteiger partial charge is 0.481 e. The van der Waals surface area contributed by atoms with Gasteiger partial charge in [-0.05, 0) is 61.4 Å². The van der Waals surface area contributed by atoms with Crippen molar-refractivity contribution in [1.82, 2.24) is 5.32 Å². The second-order valence-electron chi connectivity index (χ2n) is 7.44. The summed E-state index contributed by atoms with van der Waals surface area (Å²) in [4.78, 5) is 12.9. The van der Waals surface area contributed by atoms with Crippen LogP contribution in [0.25, 0.3) is 0 Å². The van der Waals surface area contributed by atoms with Crippen molar-refractivity contribution in [3.05, 3.63) is 65.2 Å². The van der Waals surface area contributed by atoms with Crippen LogP contribution in [0.3, 0.4) is 0 Å². The van der Waals surface area contributed by atoms with Crippen LogP contribution in [0.15, 0.2) is 48.5 Å². The molecule has 0 heterocycles. The normalized spacial score (nSPS) is 13.3. The highest BCUT2D eigenvalue weighted by atomic mass is 16.5. The Morgan fingerprint density at radius 2 is 1.65 bits per heavy atom. The lowest BCUT2D eigenvalue weighted by Crippen LogP contribution is -2.40. The van der Waals surface area contributed by atoms with Gasteiger partial charge in [0.25, 0.3) is 5.91 Å². The standard InChI is InChI=1S/C23H31NO2/c1-6-22(26-20-14-17(4)13-18(5)15-20)23(25)24-21(12-16(2)3)19-10-8-7-9-11-19/h7-11,13-16,21-22H,6,12H2,1-5H3,(H,24,25)/t21-,22+/m0/s1. The number of hydrogen-bond acceptors (Lipinski definition) is 2. The smallest absolute Gasteiger partial charge is 0.261 e. The quantitative estimate of drug-likeness (QED) is 0.693. The number of ether oxygens (including phenoxy) is 1. The Kier molecular flexibility index (Phi) is 7.26. The molecule has 0 bridgehead atoms. The Morgan fingerprint density at radius 3 is 2.19 bits per heavy atom. The molecule has 3 heteroatoms. The first-order valence-corrected chi connectivity index (χ1v) is 9.49. The Balaban J connectivity index is 2.12. The number of amides is 1. The van der Waals surface area contributed by atoms with Crippen molar-refractivity contribution in [3.8, 4) is 5.75 Å². The molecule has 3 nitrogen and oxygen atoms in total. The van der Waals surface area contributed by atoms with Gasteiger partial charge in [0.15, 0.2) is 6.10 Å². The summed E-state index contributed by atoms with van der Waals surface area (Å²) in [7, 11) is 0. The molecule has 0 unspecified atom stereocenters. The number of carbonyl (C=O) groups is 1. The Labute approximate surface area is 157 Å². The minimum Gasteiger partial charge on any atom is -0.481 e. The van der Waals surface area contributed by atoms with Crippen LogP contribution in [0.2, 0.25) is 0 Å². The number of hydrogen-bond donors (Lipinski definition) is 1. The van der Waals surface area contributed by atoms with Gasteiger partial charge in [0.05, 0.1) is 6.04 Å². The molecule has 0 saturated heterocycles. The predicted molar refractivity (Wildman–Crippen MR) is 107 cm³/mol. The third kappa shape index (κ3) is 5.91. The molecule has 1 N–H and O–H groups in total. The third-order valence-electron chi connectivity index (χ3n) is 4.36. The van der Waals surface area contributed by atoms with E-state index in [9.17, 15) is 4.79 Å². The van der Waals surface area contributed by atoms with Crippen molar-refractivity contribution < 1.29 is 9.53 Å². The van der Waals surface area contributed by atoms with E-state index in [1.165, 1.54) is 0 Å². The first kappa shape index (κ1) is 20.0. The van der Waals surface area contributed by atoms with Crippen molar-refractivity contribution in [2.45, 2.75) is 59.6 Å². The first-order valence-electron chi connectivity index (χ1n) is 9.49. The average molecular weight is 354 g/mol. The van der Waals surface area contributed by atoms with E-state index in [0.717, 1.165) is 28.9 Å². The average Bonchev–Trinajstić information content (AvgIpc) is 2.58. The van der Waals surface area contributed by atoms with Crippen LogP contribution >= 0.6 is 0 Å². The number of rotatable bonds is 8. The zero-order valence-corrected chi connectivity index (χ0v) is 16.6. The van der Waals surface area contributed by atoms with Crippen LogP contribution in [0.5, 0.6) is 5.75 Å². The van der Waals surface area contributed by atoms with E-state index in [0.29, 0.717) is 12.3 Å². The molecule has 0 aliphatic heterocycles. The van der Waals surface area contributed by atoms with Crippen LogP contribution in [0, 0.1) is 19.8 Å². The molecule has 0 radical (unpaired) electrons. The summed E-state index contributed by atoms with van der Waals surface area (Å²) in [6, 6.07) is 16.2. The fourth-order valence-electron chi connectivity index (χ4n) is 3.19. The minimum atomic E-state index is -0.491. The number of benzene rings is 2. The van der Waals surface area contributed by atoms with Gasteiger partial charge in [-0.25, -0.2) is 0 Å². The van der Waals surface area contributed by atoms with Gasteiger partial charge in [0.1, 0.15) is 5.75 Å². The molecule has 1 amide bonds. The maximum Gasteiger partial charge on any atom is 0.261 e. The van der Waals surface area contributed by atoms with E-state index < -0.39 is 6.10 Å². The highest BCUT2D eigenvalue weighted by Gasteiger charge is 2.23. The van der Waals surface area contributed by atoms with Gasteiger partial charge in [-0.2, -0.15) is 0 Å². The fraction of sp³-hybridized carbons (Fsp3) is 0.435. The highest BCUT2D eigenvalue weighted by molar-refractivity contribution is 5.81. The maximum atomic E-state index is 12.9. The van der Waals surface area contributed by atoms with Gasteiger partial charge in [0, 0.05) is 0 Å². The summed E-state index contributed by atoms with van der Waals surface area (Å²) < 4.78 is 6.02. The molecular weight excluding hydrogens is 322 g/mol. The zero-order chi connectivity index (χ0) is 19.1. The summed E-state index contributed by atoms with van der Waals surface area (Å²) in [5.74, 6) is 1.19. The third-order valence-corrected chi connectivity index (χ3v) is 4.36. The second kappa shape index (κ2) is 9.42. The van der Waals surface area contributed by atoms with Gasteiger partial charge in [-0.15, -0.1) is 0 Å². The van der Waals surface area contributed by atoms with E-state index in [2.05, 4.69) is 37.4 Å². The van der Waals surface area contributed by atoms with Gasteiger partial charge in [-0.1, -0.05) is 57.2 Å². The van der Waals surface area contributed by atoms with Crippen molar-refractivity contribution >= 4 is 5.91 Å². The Bertz CT molecular complexity index is 689. The molecule has 2 aromatic rings. The van der Waals surface area contributed by atoms with Crippen LogP contribution in [0.4, 0.5) is 0 Å². The molecule has 0 aliphatic rings. The lowest BCUT2D eigenvalue weighted by molar-refractivity contribution is -0.129. The van der Waals surface area contributed by atoms with Gasteiger partial charge < -0.3 is 10.1 Å². The van der Waals surface area contributed by atoms with Gasteiger partial charge in [0.2, 0.25) is 0 Å². The summed E-state index contributed by atoms with van der Waals surface area (Å²) >= 11 is 0. The maximum absolute atomic E-state index is 12.9.